The summed E-state index contributed by atoms with van der Waals surface area (Å²) in [4.78, 5) is 32.8. The van der Waals surface area contributed by atoms with Crippen LogP contribution >= 0.6 is 0 Å². The maximum Gasteiger partial charge on any atom is 0.257 e. The summed E-state index contributed by atoms with van der Waals surface area (Å²) < 4.78 is 24.4. The molecule has 1 N–H and O–H groups in total. The molecule has 25 heavy (non-hydrogen) atoms. The highest BCUT2D eigenvalue weighted by Crippen LogP contribution is 2.25. The number of ether oxygens (including phenoxy) is 2. The van der Waals surface area contributed by atoms with Gasteiger partial charge in [-0.2, -0.15) is 0 Å². The van der Waals surface area contributed by atoms with Gasteiger partial charge >= 0.3 is 0 Å². The molecule has 1 aromatic carbocycles. The standard InChI is InChI=1S/C17H18FN3O4/c1-10-19-13(8-16(22)20-10)15-9-21(5-6-25-15)17(23)12-7-11(18)3-4-14(12)24-2/h3-4,7-8,15H,5-6,9H2,1-2H3,(H,19,20,22)/t15-/m0/s1. The minimum absolute atomic E-state index is 0.151. The second-order valence-electron chi connectivity index (χ2n) is 5.71. The number of methoxy groups -OCH3 is 1. The van der Waals surface area contributed by atoms with Gasteiger partial charge in [0.1, 0.15) is 23.5 Å². The van der Waals surface area contributed by atoms with Gasteiger partial charge in [0.25, 0.3) is 11.5 Å². The molecule has 0 radical (unpaired) electrons. The monoisotopic (exact) mass is 347 g/mol. The quantitative estimate of drug-likeness (QED) is 0.908. The van der Waals surface area contributed by atoms with Crippen molar-refractivity contribution in [1.82, 2.24) is 14.9 Å². The first kappa shape index (κ1) is 17.1. The lowest BCUT2D eigenvalue weighted by Crippen LogP contribution is -2.42. The van der Waals surface area contributed by atoms with Crippen molar-refractivity contribution in [3.8, 4) is 5.75 Å². The fourth-order valence-electron chi connectivity index (χ4n) is 2.80. The van der Waals surface area contributed by atoms with Crippen molar-refractivity contribution in [2.45, 2.75) is 13.0 Å². The van der Waals surface area contributed by atoms with E-state index in [2.05, 4.69) is 9.97 Å². The number of nitrogens with zero attached hydrogens (tertiary/aromatic N) is 2. The Labute approximate surface area is 143 Å². The van der Waals surface area contributed by atoms with Gasteiger partial charge in [0, 0.05) is 12.6 Å². The molecule has 0 spiro atoms. The summed E-state index contributed by atoms with van der Waals surface area (Å²) >= 11 is 0. The van der Waals surface area contributed by atoms with Gasteiger partial charge in [-0.25, -0.2) is 9.37 Å². The topological polar surface area (TPSA) is 84.5 Å². The number of H-pyrrole nitrogens is 1. The van der Waals surface area contributed by atoms with Crippen LogP contribution in [0.5, 0.6) is 5.75 Å². The first-order valence-corrected chi connectivity index (χ1v) is 7.80. The maximum atomic E-state index is 13.5. The number of rotatable bonds is 3. The van der Waals surface area contributed by atoms with Gasteiger partial charge in [0.15, 0.2) is 0 Å². The number of morpholine rings is 1. The van der Waals surface area contributed by atoms with E-state index in [1.165, 1.54) is 25.3 Å². The molecule has 0 aliphatic carbocycles. The number of hydrogen-bond acceptors (Lipinski definition) is 5. The molecule has 7 nitrogen and oxygen atoms in total. The van der Waals surface area contributed by atoms with Crippen molar-refractivity contribution in [1.29, 1.82) is 0 Å². The Morgan fingerprint density at radius 1 is 1.44 bits per heavy atom. The largest absolute Gasteiger partial charge is 0.496 e. The van der Waals surface area contributed by atoms with Crippen molar-refractivity contribution in [2.24, 2.45) is 0 Å². The molecule has 0 saturated carbocycles. The molecule has 1 amide bonds. The summed E-state index contributed by atoms with van der Waals surface area (Å²) in [7, 11) is 1.43. The van der Waals surface area contributed by atoms with Crippen LogP contribution in [0.15, 0.2) is 29.1 Å². The molecular weight excluding hydrogens is 329 g/mol. The third kappa shape index (κ3) is 3.69. The van der Waals surface area contributed by atoms with Crippen LogP contribution in [0, 0.1) is 12.7 Å². The van der Waals surface area contributed by atoms with Crippen molar-refractivity contribution in [3.05, 3.63) is 57.5 Å². The molecule has 1 saturated heterocycles. The zero-order valence-electron chi connectivity index (χ0n) is 13.9. The van der Waals surface area contributed by atoms with Crippen LogP contribution < -0.4 is 10.3 Å². The van der Waals surface area contributed by atoms with E-state index >= 15 is 0 Å². The minimum atomic E-state index is -0.516. The molecule has 0 bridgehead atoms. The summed E-state index contributed by atoms with van der Waals surface area (Å²) in [5, 5.41) is 0. The Morgan fingerprint density at radius 3 is 2.96 bits per heavy atom. The van der Waals surface area contributed by atoms with E-state index in [0.29, 0.717) is 30.4 Å². The molecule has 1 fully saturated rings. The van der Waals surface area contributed by atoms with Gasteiger partial charge in [0.05, 0.1) is 31.5 Å². The second-order valence-corrected chi connectivity index (χ2v) is 5.71. The average Bonchev–Trinajstić information content (AvgIpc) is 2.60. The normalized spacial score (nSPS) is 17.4. The first-order valence-electron chi connectivity index (χ1n) is 7.80. The molecule has 3 rings (SSSR count). The molecule has 8 heteroatoms. The number of hydrogen-bond donors (Lipinski definition) is 1. The smallest absolute Gasteiger partial charge is 0.257 e. The number of aromatic nitrogens is 2. The Hall–Kier alpha value is -2.74. The van der Waals surface area contributed by atoms with Gasteiger partial charge in [-0.15, -0.1) is 0 Å². The van der Waals surface area contributed by atoms with E-state index < -0.39 is 11.9 Å². The van der Waals surface area contributed by atoms with E-state index in [9.17, 15) is 14.0 Å². The van der Waals surface area contributed by atoms with Crippen LogP contribution in [0.25, 0.3) is 0 Å². The molecule has 2 heterocycles. The number of aryl methyl sites for hydroxylation is 1. The van der Waals surface area contributed by atoms with Crippen molar-refractivity contribution in [3.63, 3.8) is 0 Å². The second kappa shape index (κ2) is 7.02. The molecule has 1 aliphatic heterocycles. The predicted octanol–water partition coefficient (Wildman–Crippen LogP) is 1.44. The lowest BCUT2D eigenvalue weighted by molar-refractivity contribution is -0.0249. The Morgan fingerprint density at radius 2 is 2.24 bits per heavy atom. The van der Waals surface area contributed by atoms with Crippen LogP contribution in [0.2, 0.25) is 0 Å². The van der Waals surface area contributed by atoms with Crippen LogP contribution in [0.3, 0.4) is 0 Å². The van der Waals surface area contributed by atoms with E-state index in [-0.39, 0.29) is 23.6 Å². The number of carbonyl (C=O) groups is 1. The summed E-state index contributed by atoms with van der Waals surface area (Å²) in [6.45, 7) is 2.54. The fourth-order valence-corrected chi connectivity index (χ4v) is 2.80. The van der Waals surface area contributed by atoms with E-state index in [1.807, 2.05) is 0 Å². The van der Waals surface area contributed by atoms with Gasteiger partial charge in [-0.3, -0.25) is 9.59 Å². The highest BCUT2D eigenvalue weighted by atomic mass is 19.1. The van der Waals surface area contributed by atoms with E-state index in [0.717, 1.165) is 6.07 Å². The number of amides is 1. The van der Waals surface area contributed by atoms with Crippen LogP contribution in [0.4, 0.5) is 4.39 Å². The molecular formula is C17H18FN3O4. The van der Waals surface area contributed by atoms with Crippen molar-refractivity contribution in [2.75, 3.05) is 26.8 Å². The SMILES string of the molecule is COc1ccc(F)cc1C(=O)N1CCO[C@H](c2cc(=O)[nH]c(C)n2)C1. The van der Waals surface area contributed by atoms with Crippen molar-refractivity contribution < 1.29 is 18.7 Å². The lowest BCUT2D eigenvalue weighted by Gasteiger charge is -2.33. The average molecular weight is 347 g/mol. The molecule has 1 aromatic heterocycles. The van der Waals surface area contributed by atoms with Gasteiger partial charge in [0.2, 0.25) is 0 Å². The lowest BCUT2D eigenvalue weighted by atomic mass is 10.1. The van der Waals surface area contributed by atoms with E-state index in [4.69, 9.17) is 9.47 Å². The van der Waals surface area contributed by atoms with Crippen LogP contribution in [-0.2, 0) is 4.74 Å². The minimum Gasteiger partial charge on any atom is -0.496 e. The molecule has 1 atom stereocenters. The highest BCUT2D eigenvalue weighted by molar-refractivity contribution is 5.97. The number of nitrogens with one attached hydrogen (secondary N) is 1. The van der Waals surface area contributed by atoms with Crippen LogP contribution in [-0.4, -0.2) is 47.6 Å². The van der Waals surface area contributed by atoms with Crippen molar-refractivity contribution >= 4 is 5.91 Å². The maximum absolute atomic E-state index is 13.5. The third-order valence-electron chi connectivity index (χ3n) is 3.96. The first-order chi connectivity index (χ1) is 12.0. The predicted molar refractivity (Wildman–Crippen MR) is 87.1 cm³/mol. The Balaban J connectivity index is 1.85. The summed E-state index contributed by atoms with van der Waals surface area (Å²) in [6, 6.07) is 5.17. The molecule has 132 valence electrons. The Kier molecular flexibility index (Phi) is 4.80. The number of halogens is 1. The molecule has 1 aliphatic rings. The van der Waals surface area contributed by atoms with Gasteiger partial charge in [-0.1, -0.05) is 0 Å². The third-order valence-corrected chi connectivity index (χ3v) is 3.96. The zero-order chi connectivity index (χ0) is 18.0. The molecule has 0 unspecified atom stereocenters. The summed E-state index contributed by atoms with van der Waals surface area (Å²) in [5.74, 6) is -0.0898. The van der Waals surface area contributed by atoms with Gasteiger partial charge in [-0.05, 0) is 25.1 Å². The highest BCUT2D eigenvalue weighted by Gasteiger charge is 2.29. The zero-order valence-corrected chi connectivity index (χ0v) is 13.9. The van der Waals surface area contributed by atoms with Crippen LogP contribution in [0.1, 0.15) is 28.0 Å². The molecule has 2 aromatic rings. The summed E-state index contributed by atoms with van der Waals surface area (Å²) in [6.07, 6.45) is -0.516. The summed E-state index contributed by atoms with van der Waals surface area (Å²) in [5.41, 5.74) is 0.338. The fraction of sp³-hybridized carbons (Fsp3) is 0.353. The number of aromatic amines is 1. The Bertz CT molecular complexity index is 852. The van der Waals surface area contributed by atoms with Gasteiger partial charge < -0.3 is 19.4 Å². The number of carbonyl (C=O) groups excluding carboxylic acids is 1. The van der Waals surface area contributed by atoms with E-state index in [1.54, 1.807) is 11.8 Å². The number of benzene rings is 1.